The Bertz CT molecular complexity index is 1280. The number of aromatic amines is 1. The number of rotatable bonds is 10. The van der Waals surface area contributed by atoms with Crippen molar-refractivity contribution in [1.29, 1.82) is 0 Å². The van der Waals surface area contributed by atoms with Crippen LogP contribution in [0.5, 0.6) is 5.75 Å². The molecule has 0 aliphatic carbocycles. The van der Waals surface area contributed by atoms with Gasteiger partial charge in [-0.15, -0.1) is 10.2 Å². The van der Waals surface area contributed by atoms with E-state index in [4.69, 9.17) is 9.15 Å². The smallest absolute Gasteiger partial charge is 0.272 e. The maximum atomic E-state index is 12.1. The molecule has 0 saturated heterocycles. The fourth-order valence-electron chi connectivity index (χ4n) is 3.29. The van der Waals surface area contributed by atoms with Crippen LogP contribution >= 0.6 is 0 Å². The number of anilines is 1. The molecule has 1 amide bonds. The number of fused-ring (bicyclic) bond motifs is 1. The Balaban J connectivity index is 1.18. The zero-order valence-electron chi connectivity index (χ0n) is 18.1. The Kier molecular flexibility index (Phi) is 6.93. The number of H-pyrrole nitrogens is 1. The van der Waals surface area contributed by atoms with E-state index in [1.54, 1.807) is 13.2 Å². The van der Waals surface area contributed by atoms with Gasteiger partial charge in [-0.1, -0.05) is 18.2 Å². The van der Waals surface area contributed by atoms with Gasteiger partial charge in [-0.25, -0.2) is 5.10 Å². The predicted molar refractivity (Wildman–Crippen MR) is 123 cm³/mol. The minimum absolute atomic E-state index is 0.0909. The number of hydrogen-bond donors (Lipinski definition) is 3. The van der Waals surface area contributed by atoms with Crippen LogP contribution in [-0.4, -0.2) is 46.5 Å². The van der Waals surface area contributed by atoms with Crippen LogP contribution in [0.25, 0.3) is 22.2 Å². The lowest BCUT2D eigenvalue weighted by molar-refractivity contribution is -0.121. The lowest BCUT2D eigenvalue weighted by Gasteiger charge is -2.08. The summed E-state index contributed by atoms with van der Waals surface area (Å²) in [6.45, 7) is 1.10. The highest BCUT2D eigenvalue weighted by Crippen LogP contribution is 2.21. The van der Waals surface area contributed by atoms with Crippen molar-refractivity contribution in [3.8, 4) is 17.2 Å². The topological polar surface area (TPSA) is 135 Å². The van der Waals surface area contributed by atoms with E-state index in [0.717, 1.165) is 16.7 Å². The second kappa shape index (κ2) is 10.4. The van der Waals surface area contributed by atoms with E-state index in [1.807, 2.05) is 42.5 Å². The molecule has 3 N–H and O–H groups in total. The van der Waals surface area contributed by atoms with Crippen LogP contribution < -0.4 is 20.9 Å². The highest BCUT2D eigenvalue weighted by molar-refractivity contribution is 5.90. The first kappa shape index (κ1) is 22.0. The maximum Gasteiger partial charge on any atom is 0.272 e. The molecule has 0 radical (unpaired) electrons. The van der Waals surface area contributed by atoms with Gasteiger partial charge in [0.25, 0.3) is 5.56 Å². The summed E-state index contributed by atoms with van der Waals surface area (Å²) in [7, 11) is 1.60. The van der Waals surface area contributed by atoms with Crippen molar-refractivity contribution in [2.75, 3.05) is 25.5 Å². The van der Waals surface area contributed by atoms with E-state index in [0.29, 0.717) is 48.9 Å². The summed E-state index contributed by atoms with van der Waals surface area (Å²) < 4.78 is 10.8. The van der Waals surface area contributed by atoms with Crippen LogP contribution in [0.15, 0.2) is 57.7 Å². The van der Waals surface area contributed by atoms with Crippen LogP contribution in [0, 0.1) is 0 Å². The fraction of sp³-hybridized carbons (Fsp3) is 0.261. The van der Waals surface area contributed by atoms with E-state index in [2.05, 4.69) is 31.0 Å². The molecule has 0 spiro atoms. The number of carbonyl (C=O) groups excluding carboxylic acids is 1. The molecule has 10 nitrogen and oxygen atoms in total. The van der Waals surface area contributed by atoms with Gasteiger partial charge in [-0.2, -0.15) is 5.10 Å². The highest BCUT2D eigenvalue weighted by Gasteiger charge is 2.11. The van der Waals surface area contributed by atoms with Crippen molar-refractivity contribution in [1.82, 2.24) is 25.7 Å². The quantitative estimate of drug-likeness (QED) is 0.315. The Labute approximate surface area is 189 Å². The predicted octanol–water partition coefficient (Wildman–Crippen LogP) is 2.53. The molecule has 0 aliphatic rings. The number of nitrogens with zero attached hydrogens (tertiary/aromatic N) is 3. The number of nitrogens with one attached hydrogen (secondary N) is 3. The number of methoxy groups -OCH3 is 1. The van der Waals surface area contributed by atoms with Gasteiger partial charge in [-0.3, -0.25) is 9.59 Å². The number of benzene rings is 2. The van der Waals surface area contributed by atoms with Crippen molar-refractivity contribution < 1.29 is 13.9 Å². The highest BCUT2D eigenvalue weighted by atomic mass is 16.5. The lowest BCUT2D eigenvalue weighted by atomic mass is 10.2. The molecule has 0 saturated carbocycles. The molecule has 33 heavy (non-hydrogen) atoms. The maximum absolute atomic E-state index is 12.1. The summed E-state index contributed by atoms with van der Waals surface area (Å²) in [5.41, 5.74) is 0.567. The molecule has 0 atom stereocenters. The van der Waals surface area contributed by atoms with E-state index < -0.39 is 0 Å². The molecule has 2 aromatic carbocycles. The monoisotopic (exact) mass is 448 g/mol. The van der Waals surface area contributed by atoms with Crippen LogP contribution in [0.1, 0.15) is 18.7 Å². The lowest BCUT2D eigenvalue weighted by Crippen LogP contribution is -2.26. The number of aryl methyl sites for hydroxylation is 1. The number of carbonyl (C=O) groups is 1. The molecular weight excluding hydrogens is 424 g/mol. The Hall–Kier alpha value is -4.21. The molecule has 170 valence electrons. The van der Waals surface area contributed by atoms with Crippen molar-refractivity contribution in [2.45, 2.75) is 19.3 Å². The average Bonchev–Trinajstić information content (AvgIpc) is 3.33. The van der Waals surface area contributed by atoms with Crippen molar-refractivity contribution in [3.63, 3.8) is 0 Å². The van der Waals surface area contributed by atoms with Crippen molar-refractivity contribution in [3.05, 3.63) is 64.8 Å². The van der Waals surface area contributed by atoms with Gasteiger partial charge < -0.3 is 19.8 Å². The summed E-state index contributed by atoms with van der Waals surface area (Å²) in [5, 5.41) is 22.0. The molecule has 2 aromatic heterocycles. The van der Waals surface area contributed by atoms with Gasteiger partial charge in [0.15, 0.2) is 5.82 Å². The van der Waals surface area contributed by atoms with Crippen molar-refractivity contribution in [2.24, 2.45) is 0 Å². The zero-order chi connectivity index (χ0) is 23.0. The summed E-state index contributed by atoms with van der Waals surface area (Å²) in [6.07, 6.45) is 1.31. The van der Waals surface area contributed by atoms with Gasteiger partial charge in [0.2, 0.25) is 17.7 Å². The molecule has 0 aliphatic heterocycles. The second-order valence-corrected chi connectivity index (χ2v) is 7.31. The molecule has 0 unspecified atom stereocenters. The van der Waals surface area contributed by atoms with Gasteiger partial charge in [0.05, 0.1) is 12.5 Å². The number of hydrogen-bond acceptors (Lipinski definition) is 8. The molecule has 4 rings (SSSR count). The standard InChI is InChI=1S/C23H24N6O4/c1-32-16-9-7-15(8-10-16)23-29-26-20(33-23)12-11-19(30)24-13-4-14-25-21-17-5-2-3-6-18(17)22(31)28-27-21/h2-3,5-10H,4,11-14H2,1H3,(H,24,30)(H,25,27)(H,28,31). The third-order valence-corrected chi connectivity index (χ3v) is 5.03. The summed E-state index contributed by atoms with van der Waals surface area (Å²) in [5.74, 6) is 2.08. The normalized spacial score (nSPS) is 10.8. The Morgan fingerprint density at radius 1 is 1.06 bits per heavy atom. The largest absolute Gasteiger partial charge is 0.497 e. The van der Waals surface area contributed by atoms with Gasteiger partial charge in [0, 0.05) is 36.9 Å². The van der Waals surface area contributed by atoms with Crippen LogP contribution in [-0.2, 0) is 11.2 Å². The number of amides is 1. The second-order valence-electron chi connectivity index (χ2n) is 7.31. The van der Waals surface area contributed by atoms with E-state index in [-0.39, 0.29) is 17.9 Å². The summed E-state index contributed by atoms with van der Waals surface area (Å²) in [6, 6.07) is 14.6. The molecule has 0 bridgehead atoms. The van der Waals surface area contributed by atoms with E-state index in [1.165, 1.54) is 0 Å². The third kappa shape index (κ3) is 5.53. The SMILES string of the molecule is COc1ccc(-c2nnc(CCC(=O)NCCCNc3n[nH]c(=O)c4ccccc34)o2)cc1. The van der Waals surface area contributed by atoms with Gasteiger partial charge in [0.1, 0.15) is 5.75 Å². The van der Waals surface area contributed by atoms with Gasteiger partial charge in [-0.05, 0) is 36.8 Å². The summed E-state index contributed by atoms with van der Waals surface area (Å²) in [4.78, 5) is 24.0. The Morgan fingerprint density at radius 2 is 1.85 bits per heavy atom. The first-order chi connectivity index (χ1) is 16.1. The van der Waals surface area contributed by atoms with E-state index in [9.17, 15) is 9.59 Å². The Morgan fingerprint density at radius 3 is 2.64 bits per heavy atom. The van der Waals surface area contributed by atoms with Crippen molar-refractivity contribution >= 4 is 22.5 Å². The molecule has 10 heteroatoms. The van der Waals surface area contributed by atoms with Crippen LogP contribution in [0.4, 0.5) is 5.82 Å². The zero-order valence-corrected chi connectivity index (χ0v) is 18.1. The molecule has 2 heterocycles. The first-order valence-corrected chi connectivity index (χ1v) is 10.6. The van der Waals surface area contributed by atoms with Crippen LogP contribution in [0.2, 0.25) is 0 Å². The molecule has 4 aromatic rings. The van der Waals surface area contributed by atoms with E-state index >= 15 is 0 Å². The molecule has 0 fully saturated rings. The van der Waals surface area contributed by atoms with Crippen LogP contribution in [0.3, 0.4) is 0 Å². The number of ether oxygens (including phenoxy) is 1. The number of aromatic nitrogens is 4. The third-order valence-electron chi connectivity index (χ3n) is 5.03. The van der Waals surface area contributed by atoms with Gasteiger partial charge >= 0.3 is 0 Å². The molecular formula is C23H24N6O4. The minimum Gasteiger partial charge on any atom is -0.497 e. The minimum atomic E-state index is -0.221. The summed E-state index contributed by atoms with van der Waals surface area (Å²) >= 11 is 0. The fourth-order valence-corrected chi connectivity index (χ4v) is 3.29. The average molecular weight is 448 g/mol. The first-order valence-electron chi connectivity index (χ1n) is 10.6.